The van der Waals surface area contributed by atoms with Gasteiger partial charge in [0.2, 0.25) is 0 Å². The monoisotopic (exact) mass is 363 g/mol. The highest BCUT2D eigenvalue weighted by molar-refractivity contribution is 5.34. The fourth-order valence-corrected chi connectivity index (χ4v) is 4.86. The molecule has 0 radical (unpaired) electrons. The molecule has 0 spiro atoms. The zero-order chi connectivity index (χ0) is 19.1. The Morgan fingerprint density at radius 1 is 1.15 bits per heavy atom. The zero-order valence-corrected chi connectivity index (χ0v) is 16.6. The third kappa shape index (κ3) is 4.81. The van der Waals surface area contributed by atoms with Gasteiger partial charge in [0, 0.05) is 12.6 Å². The van der Waals surface area contributed by atoms with Crippen molar-refractivity contribution in [3.63, 3.8) is 0 Å². The van der Waals surface area contributed by atoms with Crippen molar-refractivity contribution in [1.82, 2.24) is 4.90 Å². The molecule has 2 fully saturated rings. The lowest BCUT2D eigenvalue weighted by Crippen LogP contribution is -2.52. The number of piperidine rings is 1. The van der Waals surface area contributed by atoms with Crippen LogP contribution in [-0.4, -0.2) is 29.1 Å². The molecule has 2 nitrogen and oxygen atoms in total. The Morgan fingerprint density at radius 2 is 1.93 bits per heavy atom. The summed E-state index contributed by atoms with van der Waals surface area (Å²) in [6.45, 7) is 7.61. The minimum atomic E-state index is 0.297. The Kier molecular flexibility index (Phi) is 6.73. The van der Waals surface area contributed by atoms with Crippen molar-refractivity contribution < 1.29 is 5.11 Å². The summed E-state index contributed by atoms with van der Waals surface area (Å²) in [4.78, 5) is 2.72. The molecular weight excluding hydrogens is 330 g/mol. The topological polar surface area (TPSA) is 23.5 Å². The van der Waals surface area contributed by atoms with Crippen molar-refractivity contribution in [2.24, 2.45) is 0 Å². The summed E-state index contributed by atoms with van der Waals surface area (Å²) in [7, 11) is 0. The van der Waals surface area contributed by atoms with Gasteiger partial charge in [0.15, 0.2) is 0 Å². The molecule has 0 amide bonds. The molecule has 1 N–H and O–H groups in total. The maximum Gasteiger partial charge on any atom is 0.115 e. The number of rotatable bonds is 4. The highest BCUT2D eigenvalue weighted by Crippen LogP contribution is 2.47. The number of fused-ring (bicyclic) bond motifs is 2. The van der Waals surface area contributed by atoms with Crippen LogP contribution in [0.5, 0.6) is 5.75 Å². The second kappa shape index (κ2) is 9.23. The number of phenols is 1. The van der Waals surface area contributed by atoms with Gasteiger partial charge < -0.3 is 5.11 Å². The summed E-state index contributed by atoms with van der Waals surface area (Å²) < 4.78 is 0. The number of nitrogens with zero attached hydrogens (tertiary/aromatic N) is 1. The van der Waals surface area contributed by atoms with E-state index < -0.39 is 0 Å². The van der Waals surface area contributed by atoms with Gasteiger partial charge in [-0.05, 0) is 74.2 Å². The molecule has 1 heterocycles. The average Bonchev–Trinajstić information content (AvgIpc) is 2.69. The van der Waals surface area contributed by atoms with E-state index >= 15 is 0 Å². The molecule has 2 aliphatic rings. The molecule has 1 saturated carbocycles. The van der Waals surface area contributed by atoms with E-state index in [1.165, 1.54) is 56.3 Å². The number of hydrogen-bond acceptors (Lipinski definition) is 2. The van der Waals surface area contributed by atoms with Gasteiger partial charge in [-0.15, -0.1) is 6.58 Å². The predicted molar refractivity (Wildman–Crippen MR) is 114 cm³/mol. The van der Waals surface area contributed by atoms with E-state index in [9.17, 15) is 5.11 Å². The van der Waals surface area contributed by atoms with Gasteiger partial charge >= 0.3 is 0 Å². The second-order valence-electron chi connectivity index (χ2n) is 8.01. The standard InChI is InChI=1S/C22H27NO.C3H6/c24-21-10-4-8-19(16-21)22-12-5-9-20(17-22)23(15-13-22)14-11-18-6-2-1-3-7-18;1-3-2/h1-4,6-8,10,16,20,24H,5,9,11-15,17H2;3H,1H2,2H3. The first kappa shape index (κ1) is 19.7. The largest absolute Gasteiger partial charge is 0.508 e. The Morgan fingerprint density at radius 3 is 2.67 bits per heavy atom. The molecule has 1 aliphatic carbocycles. The van der Waals surface area contributed by atoms with Crippen LogP contribution in [-0.2, 0) is 11.8 Å². The highest BCUT2D eigenvalue weighted by Gasteiger charge is 2.43. The molecule has 2 aromatic carbocycles. The molecule has 2 unspecified atom stereocenters. The smallest absolute Gasteiger partial charge is 0.115 e. The van der Waals surface area contributed by atoms with Crippen molar-refractivity contribution in [3.05, 3.63) is 78.4 Å². The van der Waals surface area contributed by atoms with Crippen molar-refractivity contribution in [3.8, 4) is 5.75 Å². The Bertz CT molecular complexity index is 726. The molecular formula is C25H33NO. The lowest BCUT2D eigenvalue weighted by Gasteiger charge is -2.51. The van der Waals surface area contributed by atoms with E-state index in [2.05, 4.69) is 47.9 Å². The fourth-order valence-electron chi connectivity index (χ4n) is 4.86. The van der Waals surface area contributed by atoms with Gasteiger partial charge in [-0.25, -0.2) is 0 Å². The summed E-state index contributed by atoms with van der Waals surface area (Å²) in [5, 5.41) is 9.89. The maximum atomic E-state index is 9.89. The molecule has 144 valence electrons. The number of benzene rings is 2. The molecule has 27 heavy (non-hydrogen) atoms. The van der Waals surface area contributed by atoms with Crippen molar-refractivity contribution in [1.29, 1.82) is 0 Å². The first-order chi connectivity index (χ1) is 13.2. The minimum Gasteiger partial charge on any atom is -0.508 e. The number of likely N-dealkylation sites (tertiary alicyclic amines) is 1. The molecule has 4 rings (SSSR count). The van der Waals surface area contributed by atoms with E-state index in [-0.39, 0.29) is 0 Å². The van der Waals surface area contributed by atoms with Gasteiger partial charge in [-0.1, -0.05) is 55.0 Å². The van der Waals surface area contributed by atoms with Gasteiger partial charge in [0.05, 0.1) is 0 Å². The fraction of sp³-hybridized carbons (Fsp3) is 0.440. The highest BCUT2D eigenvalue weighted by atomic mass is 16.3. The normalized spacial score (nSPS) is 24.6. The number of hydrogen-bond donors (Lipinski definition) is 1. The molecule has 1 aliphatic heterocycles. The van der Waals surface area contributed by atoms with E-state index in [0.29, 0.717) is 17.2 Å². The van der Waals surface area contributed by atoms with Gasteiger partial charge in [-0.3, -0.25) is 4.90 Å². The van der Waals surface area contributed by atoms with Gasteiger partial charge in [0.25, 0.3) is 0 Å². The minimum absolute atomic E-state index is 0.297. The van der Waals surface area contributed by atoms with Crippen LogP contribution in [0.25, 0.3) is 0 Å². The van der Waals surface area contributed by atoms with Crippen LogP contribution >= 0.6 is 0 Å². The summed E-state index contributed by atoms with van der Waals surface area (Å²) >= 11 is 0. The summed E-state index contributed by atoms with van der Waals surface area (Å²) in [6, 6.07) is 19.6. The maximum absolute atomic E-state index is 9.89. The van der Waals surface area contributed by atoms with Gasteiger partial charge in [0.1, 0.15) is 5.75 Å². The van der Waals surface area contributed by atoms with Crippen LogP contribution in [0.2, 0.25) is 0 Å². The van der Waals surface area contributed by atoms with Crippen LogP contribution in [0.1, 0.15) is 50.2 Å². The summed E-state index contributed by atoms with van der Waals surface area (Å²) in [5.41, 5.74) is 3.10. The number of allylic oxidation sites excluding steroid dienone is 1. The number of aromatic hydroxyl groups is 1. The molecule has 2 bridgehead atoms. The van der Waals surface area contributed by atoms with Crippen molar-refractivity contribution in [2.45, 2.75) is 56.9 Å². The predicted octanol–water partition coefficient (Wildman–Crippen LogP) is 5.71. The quantitative estimate of drug-likeness (QED) is 0.703. The van der Waals surface area contributed by atoms with Crippen molar-refractivity contribution in [2.75, 3.05) is 13.1 Å². The lowest BCUT2D eigenvalue weighted by molar-refractivity contribution is 0.0524. The molecule has 2 heteroatoms. The third-order valence-electron chi connectivity index (χ3n) is 6.20. The Balaban J connectivity index is 0.000000659. The first-order valence-corrected chi connectivity index (χ1v) is 10.3. The molecule has 0 aromatic heterocycles. The molecule has 2 aromatic rings. The second-order valence-corrected chi connectivity index (χ2v) is 8.01. The van der Waals surface area contributed by atoms with E-state index in [1.54, 1.807) is 12.1 Å². The van der Waals surface area contributed by atoms with Crippen LogP contribution in [0, 0.1) is 0 Å². The Labute approximate surface area is 164 Å². The third-order valence-corrected chi connectivity index (χ3v) is 6.20. The lowest BCUT2D eigenvalue weighted by atomic mass is 9.63. The van der Waals surface area contributed by atoms with Gasteiger partial charge in [-0.2, -0.15) is 0 Å². The van der Waals surface area contributed by atoms with Crippen LogP contribution in [0.15, 0.2) is 67.3 Å². The molecule has 1 saturated heterocycles. The van der Waals surface area contributed by atoms with Crippen LogP contribution < -0.4 is 0 Å². The summed E-state index contributed by atoms with van der Waals surface area (Å²) in [6.07, 6.45) is 9.29. The van der Waals surface area contributed by atoms with E-state index in [4.69, 9.17) is 0 Å². The summed E-state index contributed by atoms with van der Waals surface area (Å²) in [5.74, 6) is 0.413. The average molecular weight is 364 g/mol. The molecule has 2 atom stereocenters. The number of phenolic OH excluding ortho intramolecular Hbond substituents is 1. The van der Waals surface area contributed by atoms with Crippen LogP contribution in [0.3, 0.4) is 0 Å². The van der Waals surface area contributed by atoms with E-state index in [0.717, 1.165) is 6.42 Å². The van der Waals surface area contributed by atoms with E-state index in [1.807, 2.05) is 19.1 Å². The first-order valence-electron chi connectivity index (χ1n) is 10.3. The van der Waals surface area contributed by atoms with Crippen molar-refractivity contribution >= 4 is 0 Å². The SMILES string of the molecule is C=CC.Oc1cccc(C23CCCC(C2)N(CCc2ccccc2)CC3)c1. The van der Waals surface area contributed by atoms with Crippen LogP contribution in [0.4, 0.5) is 0 Å². The zero-order valence-electron chi connectivity index (χ0n) is 16.6. The Hall–Kier alpha value is -2.06.